The molecular formula is C16H18O2. The van der Waals surface area contributed by atoms with Crippen molar-refractivity contribution in [1.82, 2.24) is 0 Å². The van der Waals surface area contributed by atoms with Crippen molar-refractivity contribution >= 4 is 11.6 Å². The van der Waals surface area contributed by atoms with Crippen molar-refractivity contribution in [2.24, 2.45) is 5.92 Å². The van der Waals surface area contributed by atoms with E-state index in [2.05, 4.69) is 0 Å². The second-order valence-corrected chi connectivity index (χ2v) is 5.90. The summed E-state index contributed by atoms with van der Waals surface area (Å²) in [5.74, 6) is 0.764. The van der Waals surface area contributed by atoms with Crippen LogP contribution in [-0.4, -0.2) is 11.6 Å². The molecule has 94 valence electrons. The first kappa shape index (κ1) is 11.6. The van der Waals surface area contributed by atoms with E-state index in [0.29, 0.717) is 5.92 Å². The van der Waals surface area contributed by atoms with Gasteiger partial charge in [-0.2, -0.15) is 0 Å². The number of hydrogen-bond donors (Lipinski definition) is 0. The van der Waals surface area contributed by atoms with Crippen LogP contribution in [0.1, 0.15) is 54.9 Å². The summed E-state index contributed by atoms with van der Waals surface area (Å²) in [5, 5.41) is 0. The van der Waals surface area contributed by atoms with E-state index < -0.39 is 5.41 Å². The minimum atomic E-state index is -0.435. The van der Waals surface area contributed by atoms with Gasteiger partial charge in [0.15, 0.2) is 11.6 Å². The second-order valence-electron chi connectivity index (χ2n) is 5.90. The van der Waals surface area contributed by atoms with Gasteiger partial charge in [-0.15, -0.1) is 0 Å². The van der Waals surface area contributed by atoms with Gasteiger partial charge in [0.25, 0.3) is 0 Å². The number of carbonyl (C=O) groups is 2. The fourth-order valence-corrected chi connectivity index (χ4v) is 3.29. The fourth-order valence-electron chi connectivity index (χ4n) is 3.29. The summed E-state index contributed by atoms with van der Waals surface area (Å²) in [6.45, 7) is 2.03. The van der Waals surface area contributed by atoms with E-state index in [1.807, 2.05) is 31.2 Å². The van der Waals surface area contributed by atoms with E-state index in [0.717, 1.165) is 17.5 Å². The van der Waals surface area contributed by atoms with Crippen LogP contribution in [0.2, 0.25) is 0 Å². The molecule has 1 atom stereocenters. The maximum absolute atomic E-state index is 12.3. The van der Waals surface area contributed by atoms with Crippen LogP contribution >= 0.6 is 0 Å². The lowest BCUT2D eigenvalue weighted by atomic mass is 9.63. The molecule has 2 nitrogen and oxygen atoms in total. The summed E-state index contributed by atoms with van der Waals surface area (Å²) in [6, 6.07) is 7.64. The monoisotopic (exact) mass is 242 g/mol. The average molecular weight is 242 g/mol. The van der Waals surface area contributed by atoms with Crippen molar-refractivity contribution in [1.29, 1.82) is 0 Å². The number of rotatable bonds is 2. The lowest BCUT2D eigenvalue weighted by Crippen LogP contribution is -2.42. The first-order valence-electron chi connectivity index (χ1n) is 6.77. The molecular weight excluding hydrogens is 224 g/mol. The molecule has 2 heteroatoms. The third kappa shape index (κ3) is 1.63. The number of benzene rings is 1. The first-order chi connectivity index (χ1) is 8.61. The molecule has 0 N–H and O–H groups in total. The predicted octanol–water partition coefficient (Wildman–Crippen LogP) is 3.29. The molecule has 0 heterocycles. The molecule has 1 aromatic rings. The highest BCUT2D eigenvalue weighted by Crippen LogP contribution is 2.43. The normalized spacial score (nSPS) is 27.8. The predicted molar refractivity (Wildman–Crippen MR) is 69.7 cm³/mol. The highest BCUT2D eigenvalue weighted by molar-refractivity contribution is 6.16. The summed E-state index contributed by atoms with van der Waals surface area (Å²) in [4.78, 5) is 24.3. The number of Topliss-reactive ketones (excluding diaryl/α,β-unsaturated/α-hetero) is 2. The van der Waals surface area contributed by atoms with Crippen molar-refractivity contribution < 1.29 is 9.59 Å². The molecule has 0 amide bonds. The maximum atomic E-state index is 12.3. The Morgan fingerprint density at radius 3 is 2.61 bits per heavy atom. The summed E-state index contributed by atoms with van der Waals surface area (Å²) in [5.41, 5.74) is 1.28. The first-order valence-corrected chi connectivity index (χ1v) is 6.77. The van der Waals surface area contributed by atoms with Crippen LogP contribution in [0.5, 0.6) is 0 Å². The lowest BCUT2D eigenvalue weighted by Gasteiger charge is -2.39. The lowest BCUT2D eigenvalue weighted by molar-refractivity contribution is -0.124. The zero-order valence-corrected chi connectivity index (χ0v) is 10.7. The zero-order valence-electron chi connectivity index (χ0n) is 10.7. The molecule has 0 spiro atoms. The van der Waals surface area contributed by atoms with E-state index in [-0.39, 0.29) is 18.0 Å². The van der Waals surface area contributed by atoms with Crippen molar-refractivity contribution in [2.45, 2.75) is 44.4 Å². The van der Waals surface area contributed by atoms with Crippen LogP contribution in [-0.2, 0) is 10.2 Å². The molecule has 0 aromatic heterocycles. The fraction of sp³-hybridized carbons (Fsp3) is 0.500. The van der Waals surface area contributed by atoms with Crippen molar-refractivity contribution in [2.75, 3.05) is 0 Å². The zero-order chi connectivity index (χ0) is 12.8. The topological polar surface area (TPSA) is 34.1 Å². The molecule has 1 aromatic carbocycles. The van der Waals surface area contributed by atoms with Gasteiger partial charge in [0.2, 0.25) is 0 Å². The van der Waals surface area contributed by atoms with Crippen molar-refractivity contribution in [3.8, 4) is 0 Å². The minimum absolute atomic E-state index is 0.0123. The Morgan fingerprint density at radius 1 is 1.22 bits per heavy atom. The Hall–Kier alpha value is -1.44. The number of carbonyl (C=O) groups excluding carboxylic acids is 2. The van der Waals surface area contributed by atoms with E-state index in [1.54, 1.807) is 0 Å². The largest absolute Gasteiger partial charge is 0.298 e. The van der Waals surface area contributed by atoms with E-state index >= 15 is 0 Å². The third-order valence-corrected chi connectivity index (χ3v) is 4.68. The van der Waals surface area contributed by atoms with Gasteiger partial charge < -0.3 is 0 Å². The van der Waals surface area contributed by atoms with E-state index in [9.17, 15) is 9.59 Å². The quantitative estimate of drug-likeness (QED) is 0.746. The molecule has 0 aliphatic heterocycles. The molecule has 0 saturated heterocycles. The SMILES string of the molecule is CC1(CC2CCC2)C(=O)CC(=O)c2ccccc21. The van der Waals surface area contributed by atoms with Crippen LogP contribution in [0.15, 0.2) is 24.3 Å². The number of ketones is 2. The Bertz CT molecular complexity index is 514. The maximum Gasteiger partial charge on any atom is 0.170 e. The highest BCUT2D eigenvalue weighted by atomic mass is 16.2. The second kappa shape index (κ2) is 4.04. The van der Waals surface area contributed by atoms with Crippen molar-refractivity contribution in [3.05, 3.63) is 35.4 Å². The Kier molecular flexibility index (Phi) is 2.61. The number of fused-ring (bicyclic) bond motifs is 1. The molecule has 3 rings (SSSR count). The van der Waals surface area contributed by atoms with Crippen molar-refractivity contribution in [3.63, 3.8) is 0 Å². The van der Waals surface area contributed by atoms with Gasteiger partial charge in [-0.05, 0) is 24.8 Å². The Balaban J connectivity index is 2.04. The molecule has 2 aliphatic carbocycles. The molecule has 1 fully saturated rings. The standard InChI is InChI=1S/C16H18O2/c1-16(10-11-5-4-6-11)13-8-3-2-7-12(13)14(17)9-15(16)18/h2-3,7-8,11H,4-6,9-10H2,1H3. The van der Waals surface area contributed by atoms with Gasteiger partial charge in [0.05, 0.1) is 11.8 Å². The summed E-state index contributed by atoms with van der Waals surface area (Å²) in [7, 11) is 0. The van der Waals surface area contributed by atoms with E-state index in [1.165, 1.54) is 19.3 Å². The molecule has 2 aliphatic rings. The molecule has 1 saturated carbocycles. The van der Waals surface area contributed by atoms with Gasteiger partial charge in [-0.25, -0.2) is 0 Å². The van der Waals surface area contributed by atoms with Crippen LogP contribution in [0.3, 0.4) is 0 Å². The van der Waals surface area contributed by atoms with Gasteiger partial charge in [0.1, 0.15) is 0 Å². The highest BCUT2D eigenvalue weighted by Gasteiger charge is 2.44. The minimum Gasteiger partial charge on any atom is -0.298 e. The van der Waals surface area contributed by atoms with Gasteiger partial charge in [-0.3, -0.25) is 9.59 Å². The van der Waals surface area contributed by atoms with Crippen LogP contribution in [0.25, 0.3) is 0 Å². The number of hydrogen-bond acceptors (Lipinski definition) is 2. The Labute approximate surface area is 107 Å². The van der Waals surface area contributed by atoms with Gasteiger partial charge >= 0.3 is 0 Å². The molecule has 0 radical (unpaired) electrons. The van der Waals surface area contributed by atoms with Crippen LogP contribution < -0.4 is 0 Å². The Morgan fingerprint density at radius 2 is 1.94 bits per heavy atom. The van der Waals surface area contributed by atoms with Crippen LogP contribution in [0, 0.1) is 5.92 Å². The van der Waals surface area contributed by atoms with Gasteiger partial charge in [0, 0.05) is 5.56 Å². The average Bonchev–Trinajstić information content (AvgIpc) is 2.32. The molecule has 0 bridgehead atoms. The summed E-state index contributed by atoms with van der Waals surface area (Å²) >= 11 is 0. The van der Waals surface area contributed by atoms with Gasteiger partial charge in [-0.1, -0.05) is 43.5 Å². The summed E-state index contributed by atoms with van der Waals surface area (Å²) < 4.78 is 0. The third-order valence-electron chi connectivity index (χ3n) is 4.68. The van der Waals surface area contributed by atoms with E-state index in [4.69, 9.17) is 0 Å². The molecule has 1 unspecified atom stereocenters. The molecule has 18 heavy (non-hydrogen) atoms. The van der Waals surface area contributed by atoms with Crippen LogP contribution in [0.4, 0.5) is 0 Å². The summed E-state index contributed by atoms with van der Waals surface area (Å²) in [6.07, 6.45) is 4.75. The smallest absolute Gasteiger partial charge is 0.170 e.